The van der Waals surface area contributed by atoms with Gasteiger partial charge >= 0.3 is 0 Å². The maximum atomic E-state index is 13.2. The van der Waals surface area contributed by atoms with Gasteiger partial charge in [-0.2, -0.15) is 0 Å². The fourth-order valence-electron chi connectivity index (χ4n) is 1.59. The Kier molecular flexibility index (Phi) is 2.95. The van der Waals surface area contributed by atoms with Crippen LogP contribution in [-0.2, 0) is 4.74 Å². The monoisotopic (exact) mass is 192 g/mol. The summed E-state index contributed by atoms with van der Waals surface area (Å²) in [6.07, 6.45) is -4.02. The van der Waals surface area contributed by atoms with Gasteiger partial charge in [0.2, 0.25) is 0 Å². The van der Waals surface area contributed by atoms with Gasteiger partial charge in [0, 0.05) is 0 Å². The van der Waals surface area contributed by atoms with Crippen molar-refractivity contribution in [1.82, 2.24) is 0 Å². The van der Waals surface area contributed by atoms with E-state index >= 15 is 0 Å². The molecule has 0 amide bonds. The number of ether oxygens (including phenoxy) is 1. The van der Waals surface area contributed by atoms with Crippen LogP contribution in [0.2, 0.25) is 0 Å². The molecule has 0 aromatic rings. The molecule has 1 saturated heterocycles. The van der Waals surface area contributed by atoms with Crippen LogP contribution in [0.1, 0.15) is 20.8 Å². The number of aliphatic hydroxyl groups is 2. The van der Waals surface area contributed by atoms with Crippen molar-refractivity contribution in [2.75, 3.05) is 6.61 Å². The standard InChI is InChI=1S/C9H17FO3/c1-9(2,3)8-7(12)6(10)5(4-11)13-8/h5-8,11-12H,4H2,1-3H3/t5-,6+,7-,8-/m1/s1. The molecule has 1 fully saturated rings. The number of alkyl halides is 1. The van der Waals surface area contributed by atoms with Crippen molar-refractivity contribution in [1.29, 1.82) is 0 Å². The normalized spacial score (nSPS) is 41.1. The molecular formula is C9H17FO3. The van der Waals surface area contributed by atoms with Gasteiger partial charge in [-0.25, -0.2) is 4.39 Å². The van der Waals surface area contributed by atoms with Crippen molar-refractivity contribution in [3.63, 3.8) is 0 Å². The first-order valence-electron chi connectivity index (χ1n) is 4.46. The number of rotatable bonds is 1. The fourth-order valence-corrected chi connectivity index (χ4v) is 1.59. The van der Waals surface area contributed by atoms with Crippen molar-refractivity contribution in [3.8, 4) is 0 Å². The lowest BCUT2D eigenvalue weighted by Crippen LogP contribution is -2.37. The van der Waals surface area contributed by atoms with E-state index in [1.54, 1.807) is 0 Å². The molecule has 1 rings (SSSR count). The zero-order valence-corrected chi connectivity index (χ0v) is 8.20. The molecular weight excluding hydrogens is 175 g/mol. The predicted molar refractivity (Wildman–Crippen MR) is 46.1 cm³/mol. The first-order valence-corrected chi connectivity index (χ1v) is 4.46. The Morgan fingerprint density at radius 1 is 1.38 bits per heavy atom. The molecule has 2 N–H and O–H groups in total. The summed E-state index contributed by atoms with van der Waals surface area (Å²) < 4.78 is 18.5. The molecule has 0 aromatic heterocycles. The Labute approximate surface area is 77.5 Å². The highest BCUT2D eigenvalue weighted by atomic mass is 19.1. The lowest BCUT2D eigenvalue weighted by molar-refractivity contribution is -0.0631. The second-order valence-electron chi connectivity index (χ2n) is 4.58. The van der Waals surface area contributed by atoms with E-state index in [1.807, 2.05) is 20.8 Å². The maximum Gasteiger partial charge on any atom is 0.157 e. The van der Waals surface area contributed by atoms with Gasteiger partial charge in [-0.3, -0.25) is 0 Å². The van der Waals surface area contributed by atoms with Gasteiger partial charge in [-0.1, -0.05) is 20.8 Å². The van der Waals surface area contributed by atoms with Gasteiger partial charge in [0.25, 0.3) is 0 Å². The highest BCUT2D eigenvalue weighted by molar-refractivity contribution is 4.95. The molecule has 1 aliphatic rings. The first kappa shape index (κ1) is 10.9. The first-order chi connectivity index (χ1) is 5.88. The summed E-state index contributed by atoms with van der Waals surface area (Å²) in [6, 6.07) is 0. The predicted octanol–water partition coefficient (Wildman–Crippen LogP) is 0.491. The minimum Gasteiger partial charge on any atom is -0.394 e. The second kappa shape index (κ2) is 3.52. The molecule has 4 atom stereocenters. The lowest BCUT2D eigenvalue weighted by Gasteiger charge is -2.28. The average Bonchev–Trinajstić information content (AvgIpc) is 2.28. The van der Waals surface area contributed by atoms with E-state index in [0.717, 1.165) is 0 Å². The third-order valence-corrected chi connectivity index (χ3v) is 2.35. The van der Waals surface area contributed by atoms with Gasteiger partial charge in [0.15, 0.2) is 6.17 Å². The van der Waals surface area contributed by atoms with Crippen LogP contribution in [0.25, 0.3) is 0 Å². The largest absolute Gasteiger partial charge is 0.394 e. The van der Waals surface area contributed by atoms with Crippen LogP contribution in [0.3, 0.4) is 0 Å². The minimum absolute atomic E-state index is 0.312. The molecule has 0 radical (unpaired) electrons. The van der Waals surface area contributed by atoms with Gasteiger partial charge in [-0.15, -0.1) is 0 Å². The molecule has 0 aliphatic carbocycles. The maximum absolute atomic E-state index is 13.2. The Morgan fingerprint density at radius 3 is 2.15 bits per heavy atom. The van der Waals surface area contributed by atoms with Crippen molar-refractivity contribution in [3.05, 3.63) is 0 Å². The van der Waals surface area contributed by atoms with Gasteiger partial charge in [-0.05, 0) is 5.41 Å². The highest BCUT2D eigenvalue weighted by Gasteiger charge is 2.48. The zero-order chi connectivity index (χ0) is 10.2. The van der Waals surface area contributed by atoms with Crippen molar-refractivity contribution in [2.45, 2.75) is 45.3 Å². The molecule has 4 heteroatoms. The van der Waals surface area contributed by atoms with Crippen LogP contribution in [0.4, 0.5) is 4.39 Å². The highest BCUT2D eigenvalue weighted by Crippen LogP contribution is 2.34. The summed E-state index contributed by atoms with van der Waals surface area (Å²) in [6.45, 7) is 5.22. The number of hydrogen-bond acceptors (Lipinski definition) is 3. The van der Waals surface area contributed by atoms with Gasteiger partial charge < -0.3 is 14.9 Å². The van der Waals surface area contributed by atoms with Crippen LogP contribution in [0.5, 0.6) is 0 Å². The summed E-state index contributed by atoms with van der Waals surface area (Å²) in [5, 5.41) is 18.2. The van der Waals surface area contributed by atoms with Crippen molar-refractivity contribution in [2.24, 2.45) is 5.41 Å². The summed E-state index contributed by atoms with van der Waals surface area (Å²) in [7, 11) is 0. The molecule has 1 aliphatic heterocycles. The van der Waals surface area contributed by atoms with Crippen LogP contribution >= 0.6 is 0 Å². The summed E-state index contributed by atoms with van der Waals surface area (Å²) in [5.74, 6) is 0. The minimum atomic E-state index is -1.48. The molecule has 0 aromatic carbocycles. The molecule has 0 unspecified atom stereocenters. The number of halogens is 1. The third-order valence-electron chi connectivity index (χ3n) is 2.35. The van der Waals surface area contributed by atoms with Gasteiger partial charge in [0.05, 0.1) is 12.7 Å². The smallest absolute Gasteiger partial charge is 0.157 e. The molecule has 13 heavy (non-hydrogen) atoms. The van der Waals surface area contributed by atoms with Crippen molar-refractivity contribution < 1.29 is 19.3 Å². The molecule has 1 heterocycles. The Hall–Kier alpha value is -0.190. The second-order valence-corrected chi connectivity index (χ2v) is 4.58. The van der Waals surface area contributed by atoms with E-state index in [4.69, 9.17) is 9.84 Å². The Bertz CT molecular complexity index is 178. The van der Waals surface area contributed by atoms with E-state index < -0.39 is 24.5 Å². The Balaban J connectivity index is 2.71. The van der Waals surface area contributed by atoms with E-state index in [0.29, 0.717) is 0 Å². The van der Waals surface area contributed by atoms with Crippen LogP contribution in [0, 0.1) is 5.41 Å². The summed E-state index contributed by atoms with van der Waals surface area (Å²) in [4.78, 5) is 0. The zero-order valence-electron chi connectivity index (χ0n) is 8.20. The SMILES string of the molecule is CC(C)(C)[C@@H]1O[C@H](CO)[C@H](F)[C@H]1O. The van der Waals surface area contributed by atoms with Crippen LogP contribution in [0.15, 0.2) is 0 Å². The van der Waals surface area contributed by atoms with E-state index in [9.17, 15) is 9.50 Å². The van der Waals surface area contributed by atoms with Crippen LogP contribution in [-0.4, -0.2) is 41.3 Å². The fraction of sp³-hybridized carbons (Fsp3) is 1.00. The molecule has 0 spiro atoms. The number of hydrogen-bond donors (Lipinski definition) is 2. The molecule has 78 valence electrons. The van der Waals surface area contributed by atoms with E-state index in [1.165, 1.54) is 0 Å². The van der Waals surface area contributed by atoms with E-state index in [-0.39, 0.29) is 12.0 Å². The van der Waals surface area contributed by atoms with Crippen LogP contribution < -0.4 is 0 Å². The average molecular weight is 192 g/mol. The van der Waals surface area contributed by atoms with Gasteiger partial charge in [0.1, 0.15) is 12.2 Å². The molecule has 3 nitrogen and oxygen atoms in total. The number of aliphatic hydroxyl groups excluding tert-OH is 2. The quantitative estimate of drug-likeness (QED) is 0.635. The van der Waals surface area contributed by atoms with E-state index in [2.05, 4.69) is 0 Å². The summed E-state index contributed by atoms with van der Waals surface area (Å²) >= 11 is 0. The lowest BCUT2D eigenvalue weighted by atomic mass is 9.85. The third kappa shape index (κ3) is 2.00. The Morgan fingerprint density at radius 2 is 1.92 bits per heavy atom. The molecule has 0 bridgehead atoms. The topological polar surface area (TPSA) is 49.7 Å². The molecule has 0 saturated carbocycles. The summed E-state index contributed by atoms with van der Waals surface area (Å²) in [5.41, 5.74) is -0.312. The van der Waals surface area contributed by atoms with Crippen molar-refractivity contribution >= 4 is 0 Å².